The van der Waals surface area contributed by atoms with Gasteiger partial charge >= 0.3 is 0 Å². The number of anilines is 1. The molecule has 1 aromatic rings. The van der Waals surface area contributed by atoms with Crippen LogP contribution in [0.15, 0.2) is 6.07 Å². The monoisotopic (exact) mass is 223 g/mol. The van der Waals surface area contributed by atoms with Gasteiger partial charge in [0.1, 0.15) is 5.15 Å². The van der Waals surface area contributed by atoms with Gasteiger partial charge in [-0.2, -0.15) is 0 Å². The summed E-state index contributed by atoms with van der Waals surface area (Å²) in [4.78, 5) is 11.1. The molecular weight excluding hydrogens is 210 g/mol. The fourth-order valence-electron chi connectivity index (χ4n) is 2.07. The summed E-state index contributed by atoms with van der Waals surface area (Å²) in [6.45, 7) is 2.15. The third kappa shape index (κ3) is 1.93. The van der Waals surface area contributed by atoms with Gasteiger partial charge in [-0.05, 0) is 31.7 Å². The Kier molecular flexibility index (Phi) is 2.28. The molecule has 0 spiro atoms. The van der Waals surface area contributed by atoms with Crippen molar-refractivity contribution in [2.75, 3.05) is 18.0 Å². The third-order valence-corrected chi connectivity index (χ3v) is 3.28. The molecule has 1 saturated heterocycles. The Morgan fingerprint density at radius 1 is 1.20 bits per heavy atom. The maximum atomic E-state index is 6.02. The van der Waals surface area contributed by atoms with Gasteiger partial charge in [0.05, 0.1) is 5.69 Å². The molecule has 2 heterocycles. The molecule has 4 heteroatoms. The van der Waals surface area contributed by atoms with Crippen LogP contribution in [0.4, 0.5) is 5.95 Å². The minimum atomic E-state index is 0.591. The zero-order valence-corrected chi connectivity index (χ0v) is 9.37. The summed E-state index contributed by atoms with van der Waals surface area (Å²) in [5.41, 5.74) is 1.14. The van der Waals surface area contributed by atoms with Crippen LogP contribution in [0.25, 0.3) is 0 Å². The molecule has 3 rings (SSSR count). The normalized spacial score (nSPS) is 21.0. The minimum Gasteiger partial charge on any atom is -0.341 e. The molecule has 0 atom stereocenters. The van der Waals surface area contributed by atoms with Crippen molar-refractivity contribution < 1.29 is 0 Å². The first-order valence-electron chi connectivity index (χ1n) is 5.62. The summed E-state index contributed by atoms with van der Waals surface area (Å²) in [7, 11) is 0. The van der Waals surface area contributed by atoms with E-state index in [-0.39, 0.29) is 0 Å². The SMILES string of the molecule is Clc1cc(C2CC2)nc(N2CCCC2)n1. The van der Waals surface area contributed by atoms with Gasteiger partial charge in [-0.1, -0.05) is 11.6 Å². The van der Waals surface area contributed by atoms with Gasteiger partial charge in [0.15, 0.2) is 0 Å². The maximum Gasteiger partial charge on any atom is 0.226 e. The second-order valence-corrected chi connectivity index (χ2v) is 4.77. The van der Waals surface area contributed by atoms with E-state index in [0.29, 0.717) is 11.1 Å². The molecule has 1 aromatic heterocycles. The molecule has 1 aliphatic carbocycles. The van der Waals surface area contributed by atoms with Gasteiger partial charge in [-0.15, -0.1) is 0 Å². The predicted octanol–water partition coefficient (Wildman–Crippen LogP) is 2.61. The molecule has 2 aliphatic rings. The van der Waals surface area contributed by atoms with Crippen LogP contribution in [0.5, 0.6) is 0 Å². The van der Waals surface area contributed by atoms with Crippen LogP contribution >= 0.6 is 11.6 Å². The fourth-order valence-corrected chi connectivity index (χ4v) is 2.26. The number of rotatable bonds is 2. The van der Waals surface area contributed by atoms with Crippen molar-refractivity contribution in [1.29, 1.82) is 0 Å². The number of aromatic nitrogens is 2. The molecule has 0 radical (unpaired) electrons. The fraction of sp³-hybridized carbons (Fsp3) is 0.636. The highest BCUT2D eigenvalue weighted by Gasteiger charge is 2.27. The molecule has 0 unspecified atom stereocenters. The molecule has 80 valence electrons. The number of hydrogen-bond acceptors (Lipinski definition) is 3. The first kappa shape index (κ1) is 9.40. The maximum absolute atomic E-state index is 6.02. The van der Waals surface area contributed by atoms with Crippen molar-refractivity contribution >= 4 is 17.5 Å². The lowest BCUT2D eigenvalue weighted by atomic mass is 10.3. The highest BCUT2D eigenvalue weighted by Crippen LogP contribution is 2.40. The topological polar surface area (TPSA) is 29.0 Å². The van der Waals surface area contributed by atoms with Gasteiger partial charge in [0, 0.05) is 19.0 Å². The van der Waals surface area contributed by atoms with Crippen molar-refractivity contribution in [3.05, 3.63) is 16.9 Å². The van der Waals surface area contributed by atoms with E-state index < -0.39 is 0 Å². The van der Waals surface area contributed by atoms with Gasteiger partial charge < -0.3 is 4.90 Å². The van der Waals surface area contributed by atoms with E-state index in [4.69, 9.17) is 11.6 Å². The highest BCUT2D eigenvalue weighted by atomic mass is 35.5. The Bertz CT molecular complexity index is 370. The molecule has 0 N–H and O–H groups in total. The summed E-state index contributed by atoms with van der Waals surface area (Å²) >= 11 is 6.02. The Morgan fingerprint density at radius 3 is 2.60 bits per heavy atom. The highest BCUT2D eigenvalue weighted by molar-refractivity contribution is 6.29. The van der Waals surface area contributed by atoms with Crippen LogP contribution in [0.3, 0.4) is 0 Å². The minimum absolute atomic E-state index is 0.591. The van der Waals surface area contributed by atoms with Crippen LogP contribution in [-0.4, -0.2) is 23.1 Å². The average molecular weight is 224 g/mol. The summed E-state index contributed by atoms with van der Waals surface area (Å²) in [6.07, 6.45) is 5.00. The molecule has 1 saturated carbocycles. The molecule has 3 nitrogen and oxygen atoms in total. The van der Waals surface area contributed by atoms with E-state index in [9.17, 15) is 0 Å². The summed E-state index contributed by atoms with van der Waals surface area (Å²) < 4.78 is 0. The number of halogens is 1. The van der Waals surface area contributed by atoms with E-state index in [2.05, 4.69) is 14.9 Å². The lowest BCUT2D eigenvalue weighted by Gasteiger charge is -2.15. The van der Waals surface area contributed by atoms with Gasteiger partial charge in [-0.3, -0.25) is 0 Å². The predicted molar refractivity (Wildman–Crippen MR) is 60.5 cm³/mol. The molecule has 0 bridgehead atoms. The first-order valence-corrected chi connectivity index (χ1v) is 6.00. The Hall–Kier alpha value is -0.830. The summed E-state index contributed by atoms with van der Waals surface area (Å²) in [6, 6.07) is 1.92. The number of nitrogens with zero attached hydrogens (tertiary/aromatic N) is 3. The Balaban J connectivity index is 1.91. The zero-order valence-electron chi connectivity index (χ0n) is 8.62. The van der Waals surface area contributed by atoms with Crippen molar-refractivity contribution in [3.63, 3.8) is 0 Å². The number of hydrogen-bond donors (Lipinski definition) is 0. The van der Waals surface area contributed by atoms with Crippen LogP contribution in [0.1, 0.15) is 37.3 Å². The average Bonchev–Trinajstić information content (AvgIpc) is 2.93. The smallest absolute Gasteiger partial charge is 0.226 e. The van der Waals surface area contributed by atoms with Crippen LogP contribution < -0.4 is 4.90 Å². The molecule has 2 fully saturated rings. The third-order valence-electron chi connectivity index (χ3n) is 3.09. The lowest BCUT2D eigenvalue weighted by molar-refractivity contribution is 0.872. The van der Waals surface area contributed by atoms with Crippen molar-refractivity contribution in [2.24, 2.45) is 0 Å². The molecular formula is C11H14ClN3. The van der Waals surface area contributed by atoms with Crippen LogP contribution in [-0.2, 0) is 0 Å². The molecule has 0 amide bonds. The van der Waals surface area contributed by atoms with E-state index in [1.807, 2.05) is 6.07 Å². The second kappa shape index (κ2) is 3.63. The zero-order chi connectivity index (χ0) is 10.3. The second-order valence-electron chi connectivity index (χ2n) is 4.38. The molecule has 0 aromatic carbocycles. The van der Waals surface area contributed by atoms with E-state index >= 15 is 0 Å². The van der Waals surface area contributed by atoms with Crippen molar-refractivity contribution in [2.45, 2.75) is 31.6 Å². The van der Waals surface area contributed by atoms with Gasteiger partial charge in [-0.25, -0.2) is 9.97 Å². The summed E-state index contributed by atoms with van der Waals surface area (Å²) in [5, 5.41) is 0.591. The van der Waals surface area contributed by atoms with Crippen molar-refractivity contribution in [3.8, 4) is 0 Å². The Morgan fingerprint density at radius 2 is 1.93 bits per heavy atom. The van der Waals surface area contributed by atoms with E-state index in [1.54, 1.807) is 0 Å². The van der Waals surface area contributed by atoms with E-state index in [1.165, 1.54) is 25.7 Å². The van der Waals surface area contributed by atoms with Crippen LogP contribution in [0.2, 0.25) is 5.15 Å². The lowest BCUT2D eigenvalue weighted by Crippen LogP contribution is -2.20. The van der Waals surface area contributed by atoms with Gasteiger partial charge in [0.25, 0.3) is 0 Å². The molecule has 1 aliphatic heterocycles. The standard InChI is InChI=1S/C11H14ClN3/c12-10-7-9(8-3-4-8)13-11(14-10)15-5-1-2-6-15/h7-8H,1-6H2. The Labute approximate surface area is 94.5 Å². The van der Waals surface area contributed by atoms with E-state index in [0.717, 1.165) is 24.7 Å². The largest absolute Gasteiger partial charge is 0.341 e. The summed E-state index contributed by atoms with van der Waals surface area (Å²) in [5.74, 6) is 1.48. The van der Waals surface area contributed by atoms with Crippen LogP contribution in [0, 0.1) is 0 Å². The van der Waals surface area contributed by atoms with Crippen molar-refractivity contribution in [1.82, 2.24) is 9.97 Å². The first-order chi connectivity index (χ1) is 7.33. The van der Waals surface area contributed by atoms with Gasteiger partial charge in [0.2, 0.25) is 5.95 Å². The molecule has 15 heavy (non-hydrogen) atoms. The quantitative estimate of drug-likeness (QED) is 0.722.